The molecule has 2 rings (SSSR count). The molecule has 0 heterocycles. The predicted molar refractivity (Wildman–Crippen MR) is 80.3 cm³/mol. The second-order valence-electron chi connectivity index (χ2n) is 3.93. The van der Waals surface area contributed by atoms with Gasteiger partial charge in [0.2, 0.25) is 0 Å². The summed E-state index contributed by atoms with van der Waals surface area (Å²) in [6.45, 7) is 1.98. The number of halogens is 3. The Bertz CT molecular complexity index is 570. The van der Waals surface area contributed by atoms with Crippen molar-refractivity contribution >= 4 is 39.1 Å². The third kappa shape index (κ3) is 3.19. The highest BCUT2D eigenvalue weighted by Crippen LogP contribution is 2.34. The normalized spacial score (nSPS) is 10.4. The lowest BCUT2D eigenvalue weighted by atomic mass is 10.2. The van der Waals surface area contributed by atoms with Gasteiger partial charge in [0.1, 0.15) is 11.5 Å². The first-order valence-corrected chi connectivity index (χ1v) is 7.26. The van der Waals surface area contributed by atoms with Crippen molar-refractivity contribution in [2.75, 3.05) is 0 Å². The van der Waals surface area contributed by atoms with E-state index in [0.717, 1.165) is 16.5 Å². The summed E-state index contributed by atoms with van der Waals surface area (Å²) in [5, 5.41) is 1.91. The average Bonchev–Trinajstić information content (AvgIpc) is 2.36. The fraction of sp³-hybridized carbons (Fsp3) is 0.143. The van der Waals surface area contributed by atoms with Gasteiger partial charge in [-0.3, -0.25) is 0 Å². The number of alkyl halides is 1. The Balaban J connectivity index is 2.31. The van der Waals surface area contributed by atoms with Crippen LogP contribution in [0.4, 0.5) is 0 Å². The first-order valence-electron chi connectivity index (χ1n) is 5.38. The van der Waals surface area contributed by atoms with Crippen molar-refractivity contribution in [1.82, 2.24) is 0 Å². The van der Waals surface area contributed by atoms with Gasteiger partial charge in [-0.15, -0.1) is 0 Å². The molecule has 0 bridgehead atoms. The summed E-state index contributed by atoms with van der Waals surface area (Å²) in [7, 11) is 0. The zero-order chi connectivity index (χ0) is 13.1. The molecule has 18 heavy (non-hydrogen) atoms. The minimum atomic E-state index is 0.571. The van der Waals surface area contributed by atoms with Gasteiger partial charge in [0, 0.05) is 5.33 Å². The molecular formula is C14H11BrCl2O. The first-order chi connectivity index (χ1) is 8.60. The molecule has 0 aliphatic carbocycles. The molecule has 0 spiro atoms. The summed E-state index contributed by atoms with van der Waals surface area (Å²) in [4.78, 5) is 0. The molecule has 0 N–H and O–H groups in total. The Morgan fingerprint density at radius 3 is 2.44 bits per heavy atom. The highest BCUT2D eigenvalue weighted by molar-refractivity contribution is 9.08. The van der Waals surface area contributed by atoms with Crippen LogP contribution in [0.2, 0.25) is 10.0 Å². The molecule has 2 aromatic rings. The second-order valence-corrected chi connectivity index (χ2v) is 5.31. The monoisotopic (exact) mass is 344 g/mol. The molecule has 0 atom stereocenters. The summed E-state index contributed by atoms with van der Waals surface area (Å²) in [5.41, 5.74) is 2.19. The maximum absolute atomic E-state index is 6.16. The molecule has 0 aliphatic rings. The van der Waals surface area contributed by atoms with Crippen LogP contribution in [0, 0.1) is 6.92 Å². The number of benzene rings is 2. The lowest BCUT2D eigenvalue weighted by Crippen LogP contribution is -1.88. The van der Waals surface area contributed by atoms with Crippen LogP contribution in [0.1, 0.15) is 11.1 Å². The standard InChI is InChI=1S/C14H11BrCl2O/c1-9-2-4-11(16)14(6-9)18-13-5-3-10(8-15)7-12(13)17/h2-7H,8H2,1H3. The van der Waals surface area contributed by atoms with Crippen molar-refractivity contribution in [2.24, 2.45) is 0 Å². The Labute approximate surface area is 125 Å². The van der Waals surface area contributed by atoms with Gasteiger partial charge in [0.05, 0.1) is 10.0 Å². The Morgan fingerprint density at radius 2 is 1.78 bits per heavy atom. The fourth-order valence-corrected chi connectivity index (χ4v) is 2.26. The lowest BCUT2D eigenvalue weighted by molar-refractivity contribution is 0.482. The third-order valence-electron chi connectivity index (χ3n) is 2.46. The van der Waals surface area contributed by atoms with E-state index in [2.05, 4.69) is 15.9 Å². The van der Waals surface area contributed by atoms with Crippen LogP contribution in [-0.4, -0.2) is 0 Å². The topological polar surface area (TPSA) is 9.23 Å². The molecule has 0 fully saturated rings. The van der Waals surface area contributed by atoms with Crippen LogP contribution >= 0.6 is 39.1 Å². The van der Waals surface area contributed by atoms with E-state index in [0.29, 0.717) is 21.5 Å². The van der Waals surface area contributed by atoms with E-state index in [-0.39, 0.29) is 0 Å². The zero-order valence-corrected chi connectivity index (χ0v) is 12.8. The minimum absolute atomic E-state index is 0.571. The van der Waals surface area contributed by atoms with Crippen molar-refractivity contribution in [3.63, 3.8) is 0 Å². The highest BCUT2D eigenvalue weighted by atomic mass is 79.9. The Kier molecular flexibility index (Phi) is 4.55. The summed E-state index contributed by atoms with van der Waals surface area (Å²) in [5.74, 6) is 1.22. The predicted octanol–water partition coefficient (Wildman–Crippen LogP) is 5.99. The summed E-state index contributed by atoms with van der Waals surface area (Å²) >= 11 is 15.6. The number of hydrogen-bond acceptors (Lipinski definition) is 1. The van der Waals surface area contributed by atoms with Gasteiger partial charge in [-0.1, -0.05) is 51.3 Å². The van der Waals surface area contributed by atoms with Crippen LogP contribution < -0.4 is 4.74 Å². The summed E-state index contributed by atoms with van der Waals surface area (Å²) in [6, 6.07) is 11.3. The zero-order valence-electron chi connectivity index (χ0n) is 9.71. The third-order valence-corrected chi connectivity index (χ3v) is 3.71. The van der Waals surface area contributed by atoms with E-state index in [4.69, 9.17) is 27.9 Å². The molecule has 0 saturated heterocycles. The SMILES string of the molecule is Cc1ccc(Cl)c(Oc2ccc(CBr)cc2Cl)c1. The molecule has 0 aromatic heterocycles. The van der Waals surface area contributed by atoms with E-state index in [1.165, 1.54) is 0 Å². The minimum Gasteiger partial charge on any atom is -0.454 e. The van der Waals surface area contributed by atoms with E-state index in [1.54, 1.807) is 0 Å². The van der Waals surface area contributed by atoms with Crippen LogP contribution in [-0.2, 0) is 5.33 Å². The van der Waals surface area contributed by atoms with Gasteiger partial charge in [-0.05, 0) is 42.3 Å². The molecule has 0 radical (unpaired) electrons. The van der Waals surface area contributed by atoms with Crippen LogP contribution in [0.5, 0.6) is 11.5 Å². The van der Waals surface area contributed by atoms with E-state index in [1.807, 2.05) is 43.3 Å². The van der Waals surface area contributed by atoms with Crippen molar-refractivity contribution in [1.29, 1.82) is 0 Å². The summed E-state index contributed by atoms with van der Waals surface area (Å²) in [6.07, 6.45) is 0. The average molecular weight is 346 g/mol. The quantitative estimate of drug-likeness (QED) is 0.621. The molecule has 94 valence electrons. The van der Waals surface area contributed by atoms with Crippen molar-refractivity contribution in [3.8, 4) is 11.5 Å². The molecule has 1 nitrogen and oxygen atoms in total. The number of ether oxygens (including phenoxy) is 1. The lowest BCUT2D eigenvalue weighted by Gasteiger charge is -2.10. The maximum Gasteiger partial charge on any atom is 0.146 e. The molecular weight excluding hydrogens is 335 g/mol. The van der Waals surface area contributed by atoms with Gasteiger partial charge >= 0.3 is 0 Å². The van der Waals surface area contributed by atoms with Crippen molar-refractivity contribution in [2.45, 2.75) is 12.3 Å². The van der Waals surface area contributed by atoms with Gasteiger partial charge in [0.15, 0.2) is 0 Å². The number of rotatable bonds is 3. The van der Waals surface area contributed by atoms with Crippen LogP contribution in [0.15, 0.2) is 36.4 Å². The van der Waals surface area contributed by atoms with Gasteiger partial charge in [-0.2, -0.15) is 0 Å². The van der Waals surface area contributed by atoms with Crippen molar-refractivity contribution < 1.29 is 4.74 Å². The Morgan fingerprint density at radius 1 is 1.00 bits per heavy atom. The van der Waals surface area contributed by atoms with Gasteiger partial charge in [-0.25, -0.2) is 0 Å². The summed E-state index contributed by atoms with van der Waals surface area (Å²) < 4.78 is 5.74. The second kappa shape index (κ2) is 5.96. The fourth-order valence-electron chi connectivity index (χ4n) is 1.52. The smallest absolute Gasteiger partial charge is 0.146 e. The van der Waals surface area contributed by atoms with Crippen LogP contribution in [0.25, 0.3) is 0 Å². The molecule has 0 amide bonds. The maximum atomic E-state index is 6.16. The van der Waals surface area contributed by atoms with E-state index >= 15 is 0 Å². The van der Waals surface area contributed by atoms with Crippen molar-refractivity contribution in [3.05, 3.63) is 57.6 Å². The van der Waals surface area contributed by atoms with Gasteiger partial charge in [0.25, 0.3) is 0 Å². The molecule has 0 aliphatic heterocycles. The Hall–Kier alpha value is -0.700. The number of aryl methyl sites for hydroxylation is 1. The number of hydrogen-bond donors (Lipinski definition) is 0. The van der Waals surface area contributed by atoms with Crippen LogP contribution in [0.3, 0.4) is 0 Å². The highest BCUT2D eigenvalue weighted by Gasteiger charge is 2.07. The molecule has 0 saturated carbocycles. The largest absolute Gasteiger partial charge is 0.454 e. The van der Waals surface area contributed by atoms with E-state index in [9.17, 15) is 0 Å². The molecule has 4 heteroatoms. The molecule has 0 unspecified atom stereocenters. The molecule has 2 aromatic carbocycles. The van der Waals surface area contributed by atoms with Gasteiger partial charge < -0.3 is 4.74 Å². The van der Waals surface area contributed by atoms with E-state index < -0.39 is 0 Å². The first kappa shape index (κ1) is 13.7.